The molecule has 1 heterocycles. The molecule has 1 aromatic heterocycles. The lowest BCUT2D eigenvalue weighted by Crippen LogP contribution is -2.30. The molecule has 2 aliphatic rings. The van der Waals surface area contributed by atoms with E-state index in [4.69, 9.17) is 32.9 Å². The van der Waals surface area contributed by atoms with E-state index in [9.17, 15) is 9.59 Å². The Hall–Kier alpha value is -2.89. The van der Waals surface area contributed by atoms with E-state index in [2.05, 4.69) is 5.32 Å². The van der Waals surface area contributed by atoms with E-state index in [0.29, 0.717) is 27.5 Å². The number of carbonyl (C=O) groups is 2. The van der Waals surface area contributed by atoms with Crippen LogP contribution in [0.4, 0.5) is 0 Å². The molecule has 3 aromatic rings. The molecule has 0 bridgehead atoms. The number of nitrogens with zero attached hydrogens (tertiary/aromatic N) is 1. The predicted molar refractivity (Wildman–Crippen MR) is 130 cm³/mol. The molecule has 1 amide bonds. The second-order valence-electron chi connectivity index (χ2n) is 8.42. The van der Waals surface area contributed by atoms with Crippen molar-refractivity contribution in [3.8, 4) is 0 Å². The Morgan fingerprint density at radius 1 is 1.09 bits per heavy atom. The number of fused-ring (bicyclic) bond motifs is 2. The minimum Gasteiger partial charge on any atom is -0.452 e. The van der Waals surface area contributed by atoms with Crippen molar-refractivity contribution in [3.05, 3.63) is 74.9 Å². The number of nitrogens with one attached hydrogen (secondary N) is 1. The van der Waals surface area contributed by atoms with Gasteiger partial charge in [-0.05, 0) is 67.0 Å². The summed E-state index contributed by atoms with van der Waals surface area (Å²) >= 11 is 12.6. The molecule has 5 nitrogen and oxygen atoms in total. The number of pyridine rings is 1. The Labute approximate surface area is 201 Å². The molecule has 2 aromatic carbocycles. The molecule has 168 valence electrons. The van der Waals surface area contributed by atoms with Gasteiger partial charge in [-0.25, -0.2) is 9.78 Å². The van der Waals surface area contributed by atoms with E-state index in [1.807, 2.05) is 42.5 Å². The fourth-order valence-electron chi connectivity index (χ4n) is 4.23. The van der Waals surface area contributed by atoms with Crippen molar-refractivity contribution in [1.82, 2.24) is 10.3 Å². The van der Waals surface area contributed by atoms with Crippen molar-refractivity contribution < 1.29 is 14.3 Å². The highest BCUT2D eigenvalue weighted by Gasteiger charge is 2.27. The predicted octanol–water partition coefficient (Wildman–Crippen LogP) is 5.85. The molecule has 0 spiro atoms. The quantitative estimate of drug-likeness (QED) is 0.464. The first-order chi connectivity index (χ1) is 16.0. The highest BCUT2D eigenvalue weighted by molar-refractivity contribution is 6.43. The Balaban J connectivity index is 1.55. The van der Waals surface area contributed by atoms with Gasteiger partial charge in [0.05, 0.1) is 26.8 Å². The van der Waals surface area contributed by atoms with Crippen LogP contribution < -0.4 is 5.32 Å². The second kappa shape index (κ2) is 9.16. The summed E-state index contributed by atoms with van der Waals surface area (Å²) in [5.41, 5.74) is 4.60. The van der Waals surface area contributed by atoms with Crippen LogP contribution >= 0.6 is 23.2 Å². The van der Waals surface area contributed by atoms with Gasteiger partial charge in [0.15, 0.2) is 6.61 Å². The number of ether oxygens (including phenoxy) is 1. The van der Waals surface area contributed by atoms with Crippen molar-refractivity contribution in [2.24, 2.45) is 0 Å². The summed E-state index contributed by atoms with van der Waals surface area (Å²) in [5.74, 6) is -0.771. The number of benzene rings is 2. The highest BCUT2D eigenvalue weighted by Crippen LogP contribution is 2.38. The lowest BCUT2D eigenvalue weighted by molar-refractivity contribution is -0.124. The number of aromatic nitrogens is 1. The van der Waals surface area contributed by atoms with Crippen LogP contribution in [0.5, 0.6) is 0 Å². The summed E-state index contributed by atoms with van der Waals surface area (Å²) in [6.45, 7) is -0.290. The number of rotatable bonds is 5. The molecule has 0 unspecified atom stereocenters. The van der Waals surface area contributed by atoms with Gasteiger partial charge in [-0.2, -0.15) is 0 Å². The van der Waals surface area contributed by atoms with Gasteiger partial charge in [-0.3, -0.25) is 4.79 Å². The summed E-state index contributed by atoms with van der Waals surface area (Å²) < 4.78 is 5.44. The van der Waals surface area contributed by atoms with E-state index in [1.165, 1.54) is 0 Å². The fourth-order valence-corrected chi connectivity index (χ4v) is 4.59. The second-order valence-corrected chi connectivity index (χ2v) is 9.20. The van der Waals surface area contributed by atoms with Gasteiger partial charge in [0.1, 0.15) is 0 Å². The molecule has 1 fully saturated rings. The first-order valence-electron chi connectivity index (χ1n) is 11.0. The third-order valence-corrected chi connectivity index (χ3v) is 6.80. The molecule has 0 radical (unpaired) electrons. The highest BCUT2D eigenvalue weighted by atomic mass is 35.5. The Kier molecular flexibility index (Phi) is 6.09. The number of hydrogen-bond donors (Lipinski definition) is 1. The lowest BCUT2D eigenvalue weighted by atomic mass is 9.86. The van der Waals surface area contributed by atoms with Gasteiger partial charge in [0.2, 0.25) is 0 Å². The number of esters is 1. The Morgan fingerprint density at radius 2 is 1.91 bits per heavy atom. The number of allylic oxidation sites excluding steroid dienone is 1. The molecule has 0 atom stereocenters. The van der Waals surface area contributed by atoms with E-state index in [-0.39, 0.29) is 18.6 Å². The van der Waals surface area contributed by atoms with Crippen molar-refractivity contribution in [1.29, 1.82) is 0 Å². The van der Waals surface area contributed by atoms with Crippen LogP contribution in [0.15, 0.2) is 42.5 Å². The number of halogens is 2. The minimum absolute atomic E-state index is 0.219. The van der Waals surface area contributed by atoms with Gasteiger partial charge in [-0.1, -0.05) is 53.5 Å². The van der Waals surface area contributed by atoms with Crippen molar-refractivity contribution in [2.45, 2.75) is 38.1 Å². The average Bonchev–Trinajstić information content (AvgIpc) is 3.63. The molecule has 1 saturated carbocycles. The van der Waals surface area contributed by atoms with Gasteiger partial charge in [0.25, 0.3) is 5.91 Å². The van der Waals surface area contributed by atoms with E-state index in [1.54, 1.807) is 6.07 Å². The van der Waals surface area contributed by atoms with E-state index >= 15 is 0 Å². The molecule has 0 saturated heterocycles. The average molecular weight is 481 g/mol. The summed E-state index contributed by atoms with van der Waals surface area (Å²) in [4.78, 5) is 30.2. The molecule has 0 aliphatic heterocycles. The standard InChI is InChI=1S/C26H22Cl2N2O3/c27-20-9-4-5-15(24(20)28)13-16-6-3-8-19-23(18-7-1-2-10-21(18)30-25(16)19)26(32)33-14-22(31)29-17-11-12-17/h1-2,4-5,7,9-10,13,17H,3,6,8,11-12,14H2,(H,29,31). The maximum absolute atomic E-state index is 13.2. The number of amides is 1. The number of para-hydroxylation sites is 1. The minimum atomic E-state index is -0.502. The summed E-state index contributed by atoms with van der Waals surface area (Å²) in [6, 6.07) is 13.2. The molecule has 1 N–H and O–H groups in total. The van der Waals surface area contributed by atoms with Crippen LogP contribution in [-0.2, 0) is 16.0 Å². The Morgan fingerprint density at radius 3 is 2.73 bits per heavy atom. The third-order valence-electron chi connectivity index (χ3n) is 5.96. The van der Waals surface area contributed by atoms with Crippen LogP contribution in [0.1, 0.15) is 52.9 Å². The van der Waals surface area contributed by atoms with Gasteiger partial charge < -0.3 is 10.1 Å². The zero-order valence-corrected chi connectivity index (χ0v) is 19.4. The SMILES string of the molecule is O=C(COC(=O)c1c2c(nc3ccccc13)C(=Cc1cccc(Cl)c1Cl)CCC2)NC1CC1. The first-order valence-corrected chi connectivity index (χ1v) is 11.8. The maximum Gasteiger partial charge on any atom is 0.339 e. The van der Waals surface area contributed by atoms with Crippen LogP contribution in [0.2, 0.25) is 10.0 Å². The summed E-state index contributed by atoms with van der Waals surface area (Å²) in [5, 5.41) is 4.55. The molecule has 2 aliphatic carbocycles. The zero-order chi connectivity index (χ0) is 22.9. The summed E-state index contributed by atoms with van der Waals surface area (Å²) in [7, 11) is 0. The fraction of sp³-hybridized carbons (Fsp3) is 0.269. The van der Waals surface area contributed by atoms with E-state index < -0.39 is 5.97 Å². The first kappa shape index (κ1) is 21.9. The van der Waals surface area contributed by atoms with Crippen molar-refractivity contribution in [2.75, 3.05) is 6.61 Å². The molecule has 7 heteroatoms. The topological polar surface area (TPSA) is 68.3 Å². The van der Waals surface area contributed by atoms with Crippen molar-refractivity contribution in [3.63, 3.8) is 0 Å². The molecular formula is C26H22Cl2N2O3. The van der Waals surface area contributed by atoms with Crippen LogP contribution in [0.25, 0.3) is 22.6 Å². The number of hydrogen-bond acceptors (Lipinski definition) is 4. The Bertz CT molecular complexity index is 1300. The van der Waals surface area contributed by atoms with Crippen LogP contribution in [0, 0.1) is 0 Å². The molecule has 33 heavy (non-hydrogen) atoms. The maximum atomic E-state index is 13.2. The van der Waals surface area contributed by atoms with Crippen LogP contribution in [0.3, 0.4) is 0 Å². The monoisotopic (exact) mass is 480 g/mol. The van der Waals surface area contributed by atoms with E-state index in [0.717, 1.165) is 53.5 Å². The lowest BCUT2D eigenvalue weighted by Gasteiger charge is -2.22. The van der Waals surface area contributed by atoms with Gasteiger partial charge in [-0.15, -0.1) is 0 Å². The normalized spacial score (nSPS) is 16.5. The smallest absolute Gasteiger partial charge is 0.339 e. The van der Waals surface area contributed by atoms with Gasteiger partial charge >= 0.3 is 5.97 Å². The van der Waals surface area contributed by atoms with Crippen molar-refractivity contribution >= 4 is 57.6 Å². The molecule has 5 rings (SSSR count). The third kappa shape index (κ3) is 4.61. The summed E-state index contributed by atoms with van der Waals surface area (Å²) in [6.07, 6.45) is 6.32. The largest absolute Gasteiger partial charge is 0.452 e. The zero-order valence-electron chi connectivity index (χ0n) is 17.9. The van der Waals surface area contributed by atoms with Gasteiger partial charge in [0, 0.05) is 11.4 Å². The molecular weight excluding hydrogens is 459 g/mol. The van der Waals surface area contributed by atoms with Crippen LogP contribution in [-0.4, -0.2) is 29.5 Å². The number of carbonyl (C=O) groups excluding carboxylic acids is 2.